The minimum Gasteiger partial charge on any atom is -0.384 e. The lowest BCUT2D eigenvalue weighted by molar-refractivity contribution is 0.0538. The van der Waals surface area contributed by atoms with E-state index in [1.807, 2.05) is 6.92 Å². The number of hydrogen-bond acceptors (Lipinski definition) is 2. The molecule has 0 bridgehead atoms. The zero-order valence-electron chi connectivity index (χ0n) is 8.85. The van der Waals surface area contributed by atoms with Crippen LogP contribution in [0.4, 0.5) is 4.39 Å². The van der Waals surface area contributed by atoms with Crippen molar-refractivity contribution in [3.05, 3.63) is 34.1 Å². The van der Waals surface area contributed by atoms with Gasteiger partial charge in [-0.3, -0.25) is 0 Å². The Morgan fingerprint density at radius 3 is 2.80 bits per heavy atom. The van der Waals surface area contributed by atoms with Gasteiger partial charge in [-0.15, -0.1) is 0 Å². The zero-order valence-corrected chi connectivity index (χ0v) is 10.4. The van der Waals surface area contributed by atoms with Crippen molar-refractivity contribution in [2.45, 2.75) is 19.4 Å². The van der Waals surface area contributed by atoms with E-state index in [0.717, 1.165) is 11.0 Å². The van der Waals surface area contributed by atoms with Crippen LogP contribution in [0, 0.1) is 5.82 Å². The van der Waals surface area contributed by atoms with Crippen molar-refractivity contribution in [3.63, 3.8) is 0 Å². The molecule has 0 aliphatic heterocycles. The standard InChI is InChI=1S/C11H15BrFNO/c1-3-14-7-11(2,15)9-6-8(12)4-5-10(9)13/h4-6,14-15H,3,7H2,1-2H3. The Bertz CT molecular complexity index is 341. The van der Waals surface area contributed by atoms with E-state index >= 15 is 0 Å². The van der Waals surface area contributed by atoms with Gasteiger partial charge in [0.05, 0.1) is 0 Å². The number of likely N-dealkylation sites (N-methyl/N-ethyl adjacent to an activating group) is 1. The van der Waals surface area contributed by atoms with Gasteiger partial charge in [0, 0.05) is 16.6 Å². The van der Waals surface area contributed by atoms with Crippen LogP contribution in [0.15, 0.2) is 22.7 Å². The lowest BCUT2D eigenvalue weighted by atomic mass is 9.95. The van der Waals surface area contributed by atoms with E-state index in [0.29, 0.717) is 12.1 Å². The molecule has 0 amide bonds. The number of hydrogen-bond donors (Lipinski definition) is 2. The SMILES string of the molecule is CCNCC(C)(O)c1cc(Br)ccc1F. The fraction of sp³-hybridized carbons (Fsp3) is 0.455. The Morgan fingerprint density at radius 2 is 2.20 bits per heavy atom. The summed E-state index contributed by atoms with van der Waals surface area (Å²) in [6.07, 6.45) is 0. The molecular weight excluding hydrogens is 261 g/mol. The molecule has 0 saturated carbocycles. The van der Waals surface area contributed by atoms with Gasteiger partial charge in [0.15, 0.2) is 0 Å². The lowest BCUT2D eigenvalue weighted by Crippen LogP contribution is -2.36. The minimum absolute atomic E-state index is 0.304. The lowest BCUT2D eigenvalue weighted by Gasteiger charge is -2.24. The fourth-order valence-corrected chi connectivity index (χ4v) is 1.73. The largest absolute Gasteiger partial charge is 0.384 e. The molecule has 1 aromatic carbocycles. The van der Waals surface area contributed by atoms with Crippen LogP contribution in [0.2, 0.25) is 0 Å². The van der Waals surface area contributed by atoms with Gasteiger partial charge in [0.1, 0.15) is 11.4 Å². The molecule has 0 fully saturated rings. The topological polar surface area (TPSA) is 32.3 Å². The van der Waals surface area contributed by atoms with Crippen molar-refractivity contribution < 1.29 is 9.50 Å². The van der Waals surface area contributed by atoms with Gasteiger partial charge in [-0.25, -0.2) is 4.39 Å². The second-order valence-corrected chi connectivity index (χ2v) is 4.59. The molecule has 0 aromatic heterocycles. The Balaban J connectivity index is 2.97. The first-order chi connectivity index (χ1) is 6.97. The van der Waals surface area contributed by atoms with Crippen LogP contribution >= 0.6 is 15.9 Å². The van der Waals surface area contributed by atoms with Crippen LogP contribution in [0.3, 0.4) is 0 Å². The monoisotopic (exact) mass is 275 g/mol. The van der Waals surface area contributed by atoms with Crippen LogP contribution in [0.1, 0.15) is 19.4 Å². The molecule has 1 unspecified atom stereocenters. The van der Waals surface area contributed by atoms with Crippen molar-refractivity contribution in [3.8, 4) is 0 Å². The van der Waals surface area contributed by atoms with Gasteiger partial charge in [-0.2, -0.15) is 0 Å². The maximum Gasteiger partial charge on any atom is 0.129 e. The molecule has 0 spiro atoms. The van der Waals surface area contributed by atoms with E-state index in [1.54, 1.807) is 19.1 Å². The maximum absolute atomic E-state index is 13.5. The van der Waals surface area contributed by atoms with E-state index in [9.17, 15) is 9.50 Å². The molecule has 1 aromatic rings. The van der Waals surface area contributed by atoms with E-state index in [2.05, 4.69) is 21.2 Å². The average Bonchev–Trinajstić information content (AvgIpc) is 2.18. The molecule has 2 nitrogen and oxygen atoms in total. The first kappa shape index (κ1) is 12.6. The van der Waals surface area contributed by atoms with Crippen molar-refractivity contribution in [2.75, 3.05) is 13.1 Å². The molecule has 15 heavy (non-hydrogen) atoms. The fourth-order valence-electron chi connectivity index (χ4n) is 1.37. The predicted octanol–water partition coefficient (Wildman–Crippen LogP) is 2.41. The van der Waals surface area contributed by atoms with E-state index < -0.39 is 5.60 Å². The maximum atomic E-state index is 13.5. The van der Waals surface area contributed by atoms with Crippen molar-refractivity contribution in [1.82, 2.24) is 5.32 Å². The molecular formula is C11H15BrFNO. The smallest absolute Gasteiger partial charge is 0.129 e. The number of benzene rings is 1. The first-order valence-corrected chi connectivity index (χ1v) is 5.65. The van der Waals surface area contributed by atoms with Gasteiger partial charge in [-0.1, -0.05) is 22.9 Å². The summed E-state index contributed by atoms with van der Waals surface area (Å²) < 4.78 is 14.2. The van der Waals surface area contributed by atoms with Crippen LogP contribution < -0.4 is 5.32 Å². The number of halogens is 2. The summed E-state index contributed by atoms with van der Waals surface area (Å²) in [6, 6.07) is 4.56. The molecule has 4 heteroatoms. The molecule has 0 saturated heterocycles. The van der Waals surface area contributed by atoms with Crippen molar-refractivity contribution in [2.24, 2.45) is 0 Å². The highest BCUT2D eigenvalue weighted by Gasteiger charge is 2.26. The van der Waals surface area contributed by atoms with E-state index in [1.165, 1.54) is 6.07 Å². The summed E-state index contributed by atoms with van der Waals surface area (Å²) in [6.45, 7) is 4.61. The third-order valence-corrected chi connectivity index (χ3v) is 2.72. The van der Waals surface area contributed by atoms with Gasteiger partial charge in [-0.05, 0) is 31.7 Å². The van der Waals surface area contributed by atoms with E-state index in [4.69, 9.17) is 0 Å². The Morgan fingerprint density at radius 1 is 1.53 bits per heavy atom. The molecule has 0 aliphatic carbocycles. The molecule has 0 heterocycles. The summed E-state index contributed by atoms with van der Waals surface area (Å²) in [5.74, 6) is -0.388. The normalized spacial score (nSPS) is 15.0. The van der Waals surface area contributed by atoms with Crippen LogP contribution in [-0.4, -0.2) is 18.2 Å². The molecule has 0 radical (unpaired) electrons. The van der Waals surface area contributed by atoms with Gasteiger partial charge in [0.2, 0.25) is 0 Å². The molecule has 1 rings (SSSR count). The number of rotatable bonds is 4. The van der Waals surface area contributed by atoms with Crippen LogP contribution in [0.5, 0.6) is 0 Å². The highest BCUT2D eigenvalue weighted by atomic mass is 79.9. The van der Waals surface area contributed by atoms with E-state index in [-0.39, 0.29) is 5.82 Å². The van der Waals surface area contributed by atoms with Crippen molar-refractivity contribution in [1.29, 1.82) is 0 Å². The average molecular weight is 276 g/mol. The third kappa shape index (κ3) is 3.26. The predicted molar refractivity (Wildman–Crippen MR) is 62.2 cm³/mol. The molecule has 0 aliphatic rings. The number of aliphatic hydroxyl groups is 1. The Hall–Kier alpha value is -0.450. The van der Waals surface area contributed by atoms with Gasteiger partial charge < -0.3 is 10.4 Å². The van der Waals surface area contributed by atoms with Gasteiger partial charge in [0.25, 0.3) is 0 Å². The third-order valence-electron chi connectivity index (χ3n) is 2.23. The van der Waals surface area contributed by atoms with Gasteiger partial charge >= 0.3 is 0 Å². The highest BCUT2D eigenvalue weighted by molar-refractivity contribution is 9.10. The second-order valence-electron chi connectivity index (χ2n) is 3.68. The summed E-state index contributed by atoms with van der Waals surface area (Å²) in [4.78, 5) is 0. The van der Waals surface area contributed by atoms with Crippen molar-refractivity contribution >= 4 is 15.9 Å². The molecule has 2 N–H and O–H groups in total. The first-order valence-electron chi connectivity index (χ1n) is 4.86. The summed E-state index contributed by atoms with van der Waals surface area (Å²) in [5.41, 5.74) is -0.887. The van der Waals surface area contributed by atoms with Crippen LogP contribution in [0.25, 0.3) is 0 Å². The Kier molecular flexibility index (Phi) is 4.25. The Labute approximate surface area is 97.6 Å². The van der Waals surface area contributed by atoms with Crippen LogP contribution in [-0.2, 0) is 5.60 Å². The second kappa shape index (κ2) is 5.05. The summed E-state index contributed by atoms with van der Waals surface area (Å²) >= 11 is 3.26. The zero-order chi connectivity index (χ0) is 11.5. The summed E-state index contributed by atoms with van der Waals surface area (Å²) in [7, 11) is 0. The molecule has 1 atom stereocenters. The number of nitrogens with one attached hydrogen (secondary N) is 1. The minimum atomic E-state index is -1.19. The highest BCUT2D eigenvalue weighted by Crippen LogP contribution is 2.25. The molecule has 84 valence electrons. The quantitative estimate of drug-likeness (QED) is 0.885. The summed E-state index contributed by atoms with van der Waals surface area (Å²) in [5, 5.41) is 13.1.